The van der Waals surface area contributed by atoms with E-state index in [1.807, 2.05) is 0 Å². The third-order valence-corrected chi connectivity index (χ3v) is 15.8. The average molecular weight is 1290 g/mol. The number of fused-ring (bicyclic) bond motifs is 1. The van der Waals surface area contributed by atoms with Gasteiger partial charge in [-0.05, 0) is 94.3 Å². The summed E-state index contributed by atoms with van der Waals surface area (Å²) in [5, 5.41) is 25.9. The molecule has 7 N–H and O–H groups in total. The molecule has 0 radical (unpaired) electrons. The Morgan fingerprint density at radius 3 is 1.28 bits per heavy atom. The van der Waals surface area contributed by atoms with Crippen LogP contribution in [-0.4, -0.2) is 141 Å². The van der Waals surface area contributed by atoms with Gasteiger partial charge in [0.15, 0.2) is 34.5 Å². The van der Waals surface area contributed by atoms with Crippen LogP contribution in [-0.2, 0) is 52.7 Å². The number of esters is 6. The molecule has 2 fully saturated rings. The van der Waals surface area contributed by atoms with Gasteiger partial charge < -0.3 is 70.3 Å². The number of carboxylic acids is 1. The zero-order chi connectivity index (χ0) is 67.6. The standard InChI is InChI=1S/C63H71N7O21S/c1-34(71)86-44-23-12-20-41(51(44)89-37(4)74)55(79)64-31-15-28-63(29-16-32-65-56(80)42-21-13-24-45(87-35(2)72)52(42)90-38(5)75,30-17-33-66-57(81)43-22-14-25-46(88-36(3)73)53(43)91-39(6)76)69-48(78)27-26-47(77)67-49(40-18-10-9-11-19-40)58(82)68-50-59(83)70-54(61(84)85)62(7,8)92-60(50)70/h9-14,18-25,49-50,54,60H,15-17,26-33H2,1-8H3,(H,64,79)(H,65,80)(H,66,81)(H,67,77)(H,68,82)(H,69,78)(H,84,85)/t49?,50?,54-,60?/m0/s1. The molecule has 0 bridgehead atoms. The minimum absolute atomic E-state index is 0.0384. The first kappa shape index (κ1) is 70.9. The molecule has 7 amide bonds. The van der Waals surface area contributed by atoms with Crippen molar-refractivity contribution in [1.82, 2.24) is 36.8 Å². The number of thioether (sulfide) groups is 1. The lowest BCUT2D eigenvalue weighted by Gasteiger charge is -2.44. The molecule has 29 heteroatoms. The Kier molecular flexibility index (Phi) is 24.7. The third kappa shape index (κ3) is 19.2. The van der Waals surface area contributed by atoms with E-state index >= 15 is 0 Å². The molecule has 2 aliphatic rings. The first-order valence-electron chi connectivity index (χ1n) is 29.0. The summed E-state index contributed by atoms with van der Waals surface area (Å²) in [7, 11) is 0. The minimum atomic E-state index is -1.39. The summed E-state index contributed by atoms with van der Waals surface area (Å²) in [6.45, 7) is 9.63. The number of rotatable bonds is 30. The Labute approximate surface area is 532 Å². The highest BCUT2D eigenvalue weighted by Gasteiger charge is 2.64. The van der Waals surface area contributed by atoms with Crippen molar-refractivity contribution in [1.29, 1.82) is 0 Å². The topological polar surface area (TPSA) is 390 Å². The number of carbonyl (C=O) groups is 14. The van der Waals surface area contributed by atoms with E-state index in [0.29, 0.717) is 5.56 Å². The number of amides is 7. The van der Waals surface area contributed by atoms with Crippen molar-refractivity contribution in [2.45, 2.75) is 141 Å². The van der Waals surface area contributed by atoms with Crippen LogP contribution in [0.15, 0.2) is 84.9 Å². The van der Waals surface area contributed by atoms with Crippen molar-refractivity contribution in [3.63, 3.8) is 0 Å². The van der Waals surface area contributed by atoms with E-state index in [4.69, 9.17) is 28.4 Å². The van der Waals surface area contributed by atoms with Gasteiger partial charge in [-0.1, -0.05) is 48.5 Å². The molecule has 0 saturated carbocycles. The molecule has 0 spiro atoms. The lowest BCUT2D eigenvalue weighted by Crippen LogP contribution is -2.71. The molecular weight excluding hydrogens is 1220 g/mol. The lowest BCUT2D eigenvalue weighted by molar-refractivity contribution is -0.161. The van der Waals surface area contributed by atoms with Crippen molar-refractivity contribution < 1.29 is 101 Å². The molecule has 490 valence electrons. The van der Waals surface area contributed by atoms with Crippen LogP contribution in [0, 0.1) is 0 Å². The van der Waals surface area contributed by atoms with E-state index in [9.17, 15) is 72.2 Å². The highest BCUT2D eigenvalue weighted by Crippen LogP contribution is 2.51. The minimum Gasteiger partial charge on any atom is -0.480 e. The fourth-order valence-corrected chi connectivity index (χ4v) is 12.0. The maximum absolute atomic E-state index is 14.5. The smallest absolute Gasteiger partial charge is 0.327 e. The van der Waals surface area contributed by atoms with E-state index in [0.717, 1.165) is 41.5 Å². The van der Waals surface area contributed by atoms with Gasteiger partial charge in [0.1, 0.15) is 23.5 Å². The lowest BCUT2D eigenvalue weighted by atomic mass is 9.83. The fourth-order valence-electron chi connectivity index (χ4n) is 10.4. The predicted octanol–water partition coefficient (Wildman–Crippen LogP) is 4.29. The summed E-state index contributed by atoms with van der Waals surface area (Å²) < 4.78 is 30.6. The second kappa shape index (κ2) is 32.0. The summed E-state index contributed by atoms with van der Waals surface area (Å²) in [6, 6.07) is 16.6. The summed E-state index contributed by atoms with van der Waals surface area (Å²) in [4.78, 5) is 183. The summed E-state index contributed by atoms with van der Waals surface area (Å²) in [5.41, 5.74) is -1.53. The van der Waals surface area contributed by atoms with Gasteiger partial charge in [0.05, 0.1) is 16.7 Å². The van der Waals surface area contributed by atoms with Gasteiger partial charge in [0.25, 0.3) is 17.7 Å². The van der Waals surface area contributed by atoms with Crippen LogP contribution in [0.4, 0.5) is 0 Å². The van der Waals surface area contributed by atoms with Crippen molar-refractivity contribution >= 4 is 94.9 Å². The maximum atomic E-state index is 14.5. The zero-order valence-corrected chi connectivity index (χ0v) is 52.5. The van der Waals surface area contributed by atoms with Gasteiger partial charge in [0.2, 0.25) is 23.6 Å². The van der Waals surface area contributed by atoms with E-state index in [-0.39, 0.29) is 109 Å². The molecule has 92 heavy (non-hydrogen) atoms. The van der Waals surface area contributed by atoms with E-state index in [1.165, 1.54) is 71.3 Å². The molecule has 0 aromatic heterocycles. The average Bonchev–Trinajstić information content (AvgIpc) is 1.55. The largest absolute Gasteiger partial charge is 0.480 e. The molecule has 4 aromatic carbocycles. The molecular formula is C63H71N7O21S. The van der Waals surface area contributed by atoms with E-state index in [2.05, 4.69) is 31.9 Å². The number of nitrogens with zero attached hydrogens (tertiary/aromatic N) is 1. The van der Waals surface area contributed by atoms with Crippen LogP contribution in [0.25, 0.3) is 0 Å². The number of hydrogen-bond donors (Lipinski definition) is 7. The summed E-state index contributed by atoms with van der Waals surface area (Å²) in [5.74, 6) is -12.7. The van der Waals surface area contributed by atoms with Gasteiger partial charge in [-0.2, -0.15) is 0 Å². The molecule has 4 aromatic rings. The highest BCUT2D eigenvalue weighted by molar-refractivity contribution is 8.01. The number of β-lactam (4-membered cyclic amide) rings is 1. The van der Waals surface area contributed by atoms with E-state index < -0.39 is 130 Å². The second-order valence-corrected chi connectivity index (χ2v) is 23.6. The van der Waals surface area contributed by atoms with Crippen LogP contribution in [0.2, 0.25) is 0 Å². The van der Waals surface area contributed by atoms with Crippen LogP contribution in [0.3, 0.4) is 0 Å². The first-order valence-corrected chi connectivity index (χ1v) is 29.9. The van der Waals surface area contributed by atoms with Crippen LogP contribution in [0.1, 0.15) is 149 Å². The number of para-hydroxylation sites is 3. The monoisotopic (exact) mass is 1290 g/mol. The third-order valence-electron chi connectivity index (χ3n) is 14.2. The van der Waals surface area contributed by atoms with Crippen molar-refractivity contribution in [3.05, 3.63) is 107 Å². The number of nitrogens with one attached hydrogen (secondary N) is 6. The molecule has 0 aliphatic carbocycles. The van der Waals surface area contributed by atoms with Gasteiger partial charge in [-0.3, -0.25) is 62.3 Å². The number of ether oxygens (including phenoxy) is 6. The maximum Gasteiger partial charge on any atom is 0.327 e. The second-order valence-electron chi connectivity index (χ2n) is 21.9. The number of carboxylic acid groups (broad SMARTS) is 1. The molecule has 2 heterocycles. The van der Waals surface area contributed by atoms with Crippen LogP contribution < -0.4 is 60.3 Å². The molecule has 4 atom stereocenters. The number of hydrogen-bond acceptors (Lipinski definition) is 21. The van der Waals surface area contributed by atoms with Crippen LogP contribution in [0.5, 0.6) is 34.5 Å². The Hall–Kier alpha value is -10.2. The normalized spacial score (nSPS) is 15.5. The first-order chi connectivity index (χ1) is 43.5. The Balaban J connectivity index is 1.27. The summed E-state index contributed by atoms with van der Waals surface area (Å²) in [6.07, 6.45) is -0.620. The quantitative estimate of drug-likeness (QED) is 0.0166. The number of benzene rings is 4. The van der Waals surface area contributed by atoms with Crippen LogP contribution >= 0.6 is 11.8 Å². The van der Waals surface area contributed by atoms with Crippen molar-refractivity contribution in [2.24, 2.45) is 0 Å². The number of aliphatic carboxylic acids is 1. The van der Waals surface area contributed by atoms with Gasteiger partial charge in [0, 0.05) is 84.3 Å². The van der Waals surface area contributed by atoms with Crippen molar-refractivity contribution in [3.8, 4) is 34.5 Å². The highest BCUT2D eigenvalue weighted by atomic mass is 32.2. The molecule has 2 aliphatic heterocycles. The SMILES string of the molecule is CC(=O)Oc1cccc(C(=O)NCCCC(CCCNC(=O)c2cccc(OC(C)=O)c2OC(C)=O)(CCCNC(=O)c2cccc(OC(C)=O)c2OC(C)=O)NC(=O)CCC(=O)NC(C(=O)NC2C(=O)N3C2SC(C)(C)[C@@H]3C(=O)O)c2ccccc2)c1OC(C)=O. The summed E-state index contributed by atoms with van der Waals surface area (Å²) >= 11 is 1.21. The zero-order valence-electron chi connectivity index (χ0n) is 51.6. The molecule has 3 unspecified atom stereocenters. The Bertz CT molecular complexity index is 3300. The Morgan fingerprint density at radius 2 is 0.913 bits per heavy atom. The molecule has 28 nitrogen and oxygen atoms in total. The predicted molar refractivity (Wildman–Crippen MR) is 325 cm³/mol. The number of carbonyl (C=O) groups excluding carboxylic acids is 13. The molecule has 2 saturated heterocycles. The van der Waals surface area contributed by atoms with Crippen molar-refractivity contribution in [2.75, 3.05) is 19.6 Å². The Morgan fingerprint density at radius 1 is 0.533 bits per heavy atom. The molecule has 6 rings (SSSR count). The van der Waals surface area contributed by atoms with Gasteiger partial charge in [-0.15, -0.1) is 11.8 Å². The van der Waals surface area contributed by atoms with E-state index in [1.54, 1.807) is 44.2 Å². The van der Waals surface area contributed by atoms with Gasteiger partial charge >= 0.3 is 41.8 Å². The fraction of sp³-hybridized carbons (Fsp3) is 0.397. The van der Waals surface area contributed by atoms with Gasteiger partial charge in [-0.25, -0.2) is 4.79 Å².